The summed E-state index contributed by atoms with van der Waals surface area (Å²) in [6.45, 7) is 22.8. The molecule has 0 unspecified atom stereocenters. The first-order valence-corrected chi connectivity index (χ1v) is 24.6. The molecular formula is C63H50S2. The van der Waals surface area contributed by atoms with Crippen LogP contribution in [0.3, 0.4) is 0 Å². The predicted molar refractivity (Wildman–Crippen MR) is 291 cm³/mol. The van der Waals surface area contributed by atoms with Crippen molar-refractivity contribution in [1.82, 2.24) is 0 Å². The highest BCUT2D eigenvalue weighted by Gasteiger charge is 2.43. The summed E-state index contributed by atoms with van der Waals surface area (Å²) in [5, 5.41) is 15.7. The van der Waals surface area contributed by atoms with Gasteiger partial charge < -0.3 is 0 Å². The first kappa shape index (κ1) is 40.0. The molecule has 12 rings (SSSR count). The van der Waals surface area contributed by atoms with E-state index in [0.29, 0.717) is 0 Å². The number of hydrogen-bond acceptors (Lipinski definition) is 2. The Morgan fingerprint density at radius 3 is 1.28 bits per heavy atom. The molecule has 0 nitrogen and oxygen atoms in total. The van der Waals surface area contributed by atoms with Crippen LogP contribution in [0.2, 0.25) is 0 Å². The summed E-state index contributed by atoms with van der Waals surface area (Å²) in [6.07, 6.45) is 9.45. The molecule has 314 valence electrons. The minimum absolute atomic E-state index is 0.299. The van der Waals surface area contributed by atoms with Crippen LogP contribution >= 0.6 is 22.7 Å². The number of rotatable bonds is 6. The third kappa shape index (κ3) is 5.48. The van der Waals surface area contributed by atoms with Crippen molar-refractivity contribution in [2.75, 3.05) is 0 Å². The summed E-state index contributed by atoms with van der Waals surface area (Å²) < 4.78 is 2.63. The van der Waals surface area contributed by atoms with E-state index in [1.165, 1.54) is 139 Å². The number of aryl methyl sites for hydroxylation is 1. The molecule has 2 heterocycles. The van der Waals surface area contributed by atoms with Crippen LogP contribution in [0.15, 0.2) is 153 Å². The van der Waals surface area contributed by atoms with Gasteiger partial charge in [-0.25, -0.2) is 0 Å². The van der Waals surface area contributed by atoms with Crippen LogP contribution in [0.25, 0.3) is 115 Å². The average molecular weight is 871 g/mol. The average Bonchev–Trinajstić information content (AvgIpc) is 3.90. The zero-order chi connectivity index (χ0) is 44.5. The maximum Gasteiger partial charge on any atom is 0.0434 e. The summed E-state index contributed by atoms with van der Waals surface area (Å²) in [5.74, 6) is 0. The Balaban J connectivity index is 1.26. The van der Waals surface area contributed by atoms with E-state index in [1.54, 1.807) is 0 Å². The number of allylic oxidation sites excluding steroid dienone is 1. The van der Waals surface area contributed by atoms with Crippen molar-refractivity contribution in [3.8, 4) is 22.3 Å². The van der Waals surface area contributed by atoms with Gasteiger partial charge in [-0.15, -0.1) is 22.7 Å². The Hall–Kier alpha value is -6.58. The third-order valence-electron chi connectivity index (χ3n) is 15.0. The minimum Gasteiger partial charge on any atom is -0.135 e. The summed E-state index contributed by atoms with van der Waals surface area (Å²) >= 11 is 3.75. The highest BCUT2D eigenvalue weighted by molar-refractivity contribution is 7.21. The van der Waals surface area contributed by atoms with Crippen LogP contribution in [0.4, 0.5) is 0 Å². The molecule has 0 spiro atoms. The van der Waals surface area contributed by atoms with Crippen molar-refractivity contribution in [1.29, 1.82) is 0 Å². The molecule has 1 aliphatic carbocycles. The number of fused-ring (bicyclic) bond motifs is 12. The van der Waals surface area contributed by atoms with Crippen LogP contribution in [-0.2, 0) is 17.3 Å². The molecule has 2 aromatic heterocycles. The summed E-state index contributed by atoms with van der Waals surface area (Å²) in [7, 11) is 0. The van der Waals surface area contributed by atoms with Gasteiger partial charge in [-0.3, -0.25) is 0 Å². The van der Waals surface area contributed by atoms with E-state index in [2.05, 4.69) is 206 Å². The Morgan fingerprint density at radius 1 is 0.446 bits per heavy atom. The smallest absolute Gasteiger partial charge is 0.0434 e. The standard InChI is InChI=1S/C63H50S2/c1-9-21-41-45-29-20-31-47(61(45)65-57(41)12-4)59-43-27-18-17-26-42(43)58(46-30-19-28-44-36(10-2)56(11-3)64-60(44)46)50-34-54-55(35-51(50)59)63(7,8)53-33-49-40-25-16-14-23-38(40)37-22-13-15-24-39(37)48(49)32-52(53)62(54,5)6/h9,11-35H,3-4,10H2,1-2,5-8H3/b21-9-. The Bertz CT molecular complexity index is 3910. The molecule has 0 aliphatic heterocycles. The maximum atomic E-state index is 4.28. The molecular weight excluding hydrogens is 821 g/mol. The van der Waals surface area contributed by atoms with Crippen molar-refractivity contribution in [2.45, 2.75) is 58.8 Å². The van der Waals surface area contributed by atoms with E-state index in [-0.39, 0.29) is 10.8 Å². The van der Waals surface area contributed by atoms with Gasteiger partial charge in [-0.2, -0.15) is 0 Å². The molecule has 0 N–H and O–H groups in total. The predicted octanol–water partition coefficient (Wildman–Crippen LogP) is 19.1. The maximum absolute atomic E-state index is 4.28. The van der Waals surface area contributed by atoms with Gasteiger partial charge in [0.15, 0.2) is 0 Å². The lowest BCUT2D eigenvalue weighted by molar-refractivity contribution is 0.523. The molecule has 0 saturated carbocycles. The van der Waals surface area contributed by atoms with Gasteiger partial charge in [0, 0.05) is 46.5 Å². The molecule has 0 bridgehead atoms. The second kappa shape index (κ2) is 14.5. The molecule has 1 aliphatic rings. The second-order valence-corrected chi connectivity index (χ2v) is 21.1. The lowest BCUT2D eigenvalue weighted by Crippen LogP contribution is -2.36. The number of benzene rings is 9. The monoisotopic (exact) mass is 870 g/mol. The van der Waals surface area contributed by atoms with E-state index in [0.717, 1.165) is 6.42 Å². The van der Waals surface area contributed by atoms with E-state index in [1.807, 2.05) is 28.7 Å². The molecule has 0 radical (unpaired) electrons. The van der Waals surface area contributed by atoms with Gasteiger partial charge in [0.25, 0.3) is 0 Å². The first-order valence-electron chi connectivity index (χ1n) is 23.0. The summed E-state index contributed by atoms with van der Waals surface area (Å²) in [5.41, 5.74) is 12.8. The Labute approximate surface area is 389 Å². The fourth-order valence-electron chi connectivity index (χ4n) is 11.9. The fraction of sp³-hybridized carbons (Fsp3) is 0.143. The largest absolute Gasteiger partial charge is 0.135 e. The van der Waals surface area contributed by atoms with E-state index < -0.39 is 0 Å². The van der Waals surface area contributed by atoms with Gasteiger partial charge in [-0.05, 0) is 141 Å². The van der Waals surface area contributed by atoms with Crippen molar-refractivity contribution in [3.05, 3.63) is 196 Å². The third-order valence-corrected chi connectivity index (χ3v) is 17.5. The van der Waals surface area contributed by atoms with Crippen molar-refractivity contribution < 1.29 is 0 Å². The zero-order valence-corrected chi connectivity index (χ0v) is 39.6. The fourth-order valence-corrected chi connectivity index (χ4v) is 14.3. The van der Waals surface area contributed by atoms with Crippen molar-refractivity contribution in [2.24, 2.45) is 0 Å². The first-order chi connectivity index (χ1) is 31.6. The Morgan fingerprint density at radius 2 is 0.831 bits per heavy atom. The van der Waals surface area contributed by atoms with Gasteiger partial charge in [-0.1, -0.05) is 181 Å². The molecule has 11 aromatic rings. The molecule has 0 atom stereocenters. The minimum atomic E-state index is -0.301. The van der Waals surface area contributed by atoms with Crippen LogP contribution in [0.1, 0.15) is 84.7 Å². The van der Waals surface area contributed by atoms with Gasteiger partial charge >= 0.3 is 0 Å². The molecule has 0 amide bonds. The second-order valence-electron chi connectivity index (χ2n) is 19.0. The van der Waals surface area contributed by atoms with Gasteiger partial charge in [0.05, 0.1) is 0 Å². The highest BCUT2D eigenvalue weighted by atomic mass is 32.1. The van der Waals surface area contributed by atoms with Gasteiger partial charge in [0.2, 0.25) is 0 Å². The highest BCUT2D eigenvalue weighted by Crippen LogP contribution is 2.56. The lowest BCUT2D eigenvalue weighted by Gasteiger charge is -2.44. The van der Waals surface area contributed by atoms with Crippen LogP contribution in [0, 0.1) is 0 Å². The Kier molecular flexibility index (Phi) is 8.89. The van der Waals surface area contributed by atoms with Crippen LogP contribution < -0.4 is 0 Å². The quantitative estimate of drug-likeness (QED) is 0.115. The van der Waals surface area contributed by atoms with Gasteiger partial charge in [0.1, 0.15) is 0 Å². The normalized spacial score (nSPS) is 14.4. The van der Waals surface area contributed by atoms with Crippen molar-refractivity contribution in [3.63, 3.8) is 0 Å². The molecule has 9 aromatic carbocycles. The summed E-state index contributed by atoms with van der Waals surface area (Å²) in [4.78, 5) is 2.47. The lowest BCUT2D eigenvalue weighted by atomic mass is 9.59. The molecule has 0 saturated heterocycles. The van der Waals surface area contributed by atoms with Crippen molar-refractivity contribution >= 4 is 115 Å². The van der Waals surface area contributed by atoms with E-state index in [4.69, 9.17) is 0 Å². The zero-order valence-electron chi connectivity index (χ0n) is 37.9. The van der Waals surface area contributed by atoms with E-state index >= 15 is 0 Å². The van der Waals surface area contributed by atoms with Crippen LogP contribution in [-0.4, -0.2) is 0 Å². The number of hydrogen-bond donors (Lipinski definition) is 0. The topological polar surface area (TPSA) is 0 Å². The summed E-state index contributed by atoms with van der Waals surface area (Å²) in [6, 6.07) is 51.4. The van der Waals surface area contributed by atoms with E-state index in [9.17, 15) is 0 Å². The number of thiophene rings is 2. The molecule has 0 fully saturated rings. The molecule has 2 heteroatoms. The van der Waals surface area contributed by atoms with Crippen LogP contribution in [0.5, 0.6) is 0 Å². The molecule has 65 heavy (non-hydrogen) atoms. The SMILES string of the molecule is C=Cc1sc2c(-c3c4ccccc4c(-c4cccc5c(CC)c(C=C)sc45)c4cc5c(cc34)C(C)(C)c3cc4c6ccccc6c6ccccc6c4cc3C5(C)C)cccc2c1/C=C\C.